The second-order valence-electron chi connectivity index (χ2n) is 2.54. The van der Waals surface area contributed by atoms with Gasteiger partial charge in [0.2, 0.25) is 0 Å². The highest BCUT2D eigenvalue weighted by atomic mass is 79.9. The fraction of sp³-hybridized carbons (Fsp3) is 0.429. The molecule has 0 aliphatic carbocycles. The van der Waals surface area contributed by atoms with E-state index in [1.165, 1.54) is 5.51 Å². The average Bonchev–Trinajstić information content (AvgIpc) is 2.63. The number of aromatic nitrogens is 1. The molecule has 3 N–H and O–H groups in total. The molecule has 0 amide bonds. The van der Waals surface area contributed by atoms with Crippen molar-refractivity contribution in [2.75, 3.05) is 5.33 Å². The minimum Gasteiger partial charge on any atom is -0.476 e. The fourth-order valence-electron chi connectivity index (χ4n) is 0.885. The van der Waals surface area contributed by atoms with Crippen LogP contribution in [0.1, 0.15) is 21.5 Å². The van der Waals surface area contributed by atoms with E-state index in [0.717, 1.165) is 11.3 Å². The van der Waals surface area contributed by atoms with E-state index in [9.17, 15) is 15.0 Å². The summed E-state index contributed by atoms with van der Waals surface area (Å²) in [6, 6.07) is 0. The second kappa shape index (κ2) is 4.83. The summed E-state index contributed by atoms with van der Waals surface area (Å²) in [6.07, 6.45) is -2.25. The first kappa shape index (κ1) is 11.6. The first-order valence-electron chi connectivity index (χ1n) is 3.66. The number of rotatable bonds is 4. The van der Waals surface area contributed by atoms with Crippen molar-refractivity contribution in [3.63, 3.8) is 0 Å². The molecule has 2 atom stereocenters. The van der Waals surface area contributed by atoms with Crippen LogP contribution in [-0.4, -0.2) is 37.7 Å². The molecule has 2 unspecified atom stereocenters. The minimum atomic E-state index is -1.21. The number of halogens is 1. The Labute approximate surface area is 92.2 Å². The summed E-state index contributed by atoms with van der Waals surface area (Å²) in [5.74, 6) is -1.21. The summed E-state index contributed by atoms with van der Waals surface area (Å²) in [7, 11) is 0. The maximum Gasteiger partial charge on any atom is 0.355 e. The maximum absolute atomic E-state index is 10.6. The van der Waals surface area contributed by atoms with E-state index in [1.807, 2.05) is 0 Å². The molecule has 0 saturated carbocycles. The Hall–Kier alpha value is -0.500. The van der Waals surface area contributed by atoms with Crippen LogP contribution >= 0.6 is 27.3 Å². The lowest BCUT2D eigenvalue weighted by Gasteiger charge is -2.13. The zero-order valence-corrected chi connectivity index (χ0v) is 9.32. The van der Waals surface area contributed by atoms with E-state index >= 15 is 0 Å². The first-order valence-corrected chi connectivity index (χ1v) is 5.66. The Morgan fingerprint density at radius 3 is 2.79 bits per heavy atom. The van der Waals surface area contributed by atoms with Gasteiger partial charge in [-0.3, -0.25) is 0 Å². The number of carboxylic acids is 1. The van der Waals surface area contributed by atoms with Crippen LogP contribution < -0.4 is 0 Å². The van der Waals surface area contributed by atoms with Crippen molar-refractivity contribution in [3.05, 3.63) is 16.1 Å². The summed E-state index contributed by atoms with van der Waals surface area (Å²) in [4.78, 5) is 14.4. The Morgan fingerprint density at radius 1 is 1.64 bits per heavy atom. The molecule has 1 aromatic rings. The number of carbonyl (C=O) groups is 1. The maximum atomic E-state index is 10.6. The molecule has 0 fully saturated rings. The van der Waals surface area contributed by atoms with E-state index < -0.39 is 18.2 Å². The lowest BCUT2D eigenvalue weighted by molar-refractivity contribution is 0.0349. The van der Waals surface area contributed by atoms with Crippen LogP contribution in [0.4, 0.5) is 0 Å². The van der Waals surface area contributed by atoms with Crippen LogP contribution in [0.5, 0.6) is 0 Å². The lowest BCUT2D eigenvalue weighted by atomic mass is 10.1. The van der Waals surface area contributed by atoms with E-state index in [-0.39, 0.29) is 15.9 Å². The molecule has 0 aliphatic heterocycles. The molecule has 1 rings (SSSR count). The van der Waals surface area contributed by atoms with E-state index in [1.54, 1.807) is 0 Å². The van der Waals surface area contributed by atoms with Crippen LogP contribution in [0.3, 0.4) is 0 Å². The molecule has 0 bridgehead atoms. The molecule has 7 heteroatoms. The van der Waals surface area contributed by atoms with Gasteiger partial charge >= 0.3 is 5.97 Å². The summed E-state index contributed by atoms with van der Waals surface area (Å²) >= 11 is 4.00. The number of aromatic carboxylic acids is 1. The van der Waals surface area contributed by atoms with Gasteiger partial charge in [-0.15, -0.1) is 11.3 Å². The van der Waals surface area contributed by atoms with E-state index in [0.29, 0.717) is 0 Å². The fourth-order valence-corrected chi connectivity index (χ4v) is 2.06. The van der Waals surface area contributed by atoms with Gasteiger partial charge in [0.15, 0.2) is 5.69 Å². The molecular weight excluding hydrogens is 274 g/mol. The van der Waals surface area contributed by atoms with Crippen molar-refractivity contribution in [1.82, 2.24) is 4.98 Å². The van der Waals surface area contributed by atoms with Crippen molar-refractivity contribution in [2.45, 2.75) is 12.2 Å². The highest BCUT2D eigenvalue weighted by Crippen LogP contribution is 2.25. The van der Waals surface area contributed by atoms with Crippen molar-refractivity contribution < 1.29 is 20.1 Å². The highest BCUT2D eigenvalue weighted by Gasteiger charge is 2.25. The van der Waals surface area contributed by atoms with Gasteiger partial charge in [0, 0.05) is 5.33 Å². The number of aliphatic hydroxyl groups is 2. The van der Waals surface area contributed by atoms with Gasteiger partial charge in [0.25, 0.3) is 0 Å². The molecule has 14 heavy (non-hydrogen) atoms. The number of hydrogen-bond donors (Lipinski definition) is 3. The zero-order chi connectivity index (χ0) is 10.7. The molecular formula is C7H8BrNO4S. The Morgan fingerprint density at radius 2 is 2.29 bits per heavy atom. The van der Waals surface area contributed by atoms with Crippen molar-refractivity contribution >= 4 is 33.2 Å². The third-order valence-electron chi connectivity index (χ3n) is 1.59. The Kier molecular flexibility index (Phi) is 3.99. The lowest BCUT2D eigenvalue weighted by Crippen LogP contribution is -2.20. The number of aliphatic hydroxyl groups excluding tert-OH is 2. The van der Waals surface area contributed by atoms with Gasteiger partial charge in [-0.1, -0.05) is 15.9 Å². The summed E-state index contributed by atoms with van der Waals surface area (Å²) in [6.45, 7) is 0. The van der Waals surface area contributed by atoms with Crippen LogP contribution in [0.25, 0.3) is 0 Å². The topological polar surface area (TPSA) is 90.7 Å². The molecule has 1 aromatic heterocycles. The summed E-state index contributed by atoms with van der Waals surface area (Å²) in [5, 5.41) is 27.7. The highest BCUT2D eigenvalue weighted by molar-refractivity contribution is 9.09. The van der Waals surface area contributed by atoms with Gasteiger partial charge in [-0.25, -0.2) is 9.78 Å². The van der Waals surface area contributed by atoms with E-state index in [4.69, 9.17) is 5.11 Å². The van der Waals surface area contributed by atoms with Gasteiger partial charge in [-0.2, -0.15) is 0 Å². The minimum absolute atomic E-state index is 0.171. The quantitative estimate of drug-likeness (QED) is 0.705. The number of nitrogens with zero attached hydrogens (tertiary/aromatic N) is 1. The molecule has 0 aromatic carbocycles. The van der Waals surface area contributed by atoms with Gasteiger partial charge in [0.1, 0.15) is 6.10 Å². The normalized spacial score (nSPS) is 15.1. The zero-order valence-electron chi connectivity index (χ0n) is 6.92. The third-order valence-corrected chi connectivity index (χ3v) is 3.15. The van der Waals surface area contributed by atoms with Gasteiger partial charge < -0.3 is 15.3 Å². The Balaban J connectivity index is 2.94. The van der Waals surface area contributed by atoms with Gasteiger partial charge in [0.05, 0.1) is 16.5 Å². The van der Waals surface area contributed by atoms with Crippen LogP contribution in [0, 0.1) is 0 Å². The first-order chi connectivity index (χ1) is 6.57. The molecule has 0 radical (unpaired) electrons. The second-order valence-corrected chi connectivity index (χ2v) is 4.07. The monoisotopic (exact) mass is 281 g/mol. The number of alkyl halides is 1. The van der Waals surface area contributed by atoms with Crippen molar-refractivity contribution in [1.29, 1.82) is 0 Å². The van der Waals surface area contributed by atoms with Crippen LogP contribution in [-0.2, 0) is 0 Å². The smallest absolute Gasteiger partial charge is 0.355 e. The third kappa shape index (κ3) is 2.30. The molecule has 1 heterocycles. The van der Waals surface area contributed by atoms with Crippen molar-refractivity contribution in [2.24, 2.45) is 0 Å². The standard InChI is InChI=1S/C7H8BrNO4S/c8-1-3(10)5(11)6-4(7(12)13)9-2-14-6/h2-3,5,10-11H,1H2,(H,12,13). The largest absolute Gasteiger partial charge is 0.476 e. The van der Waals surface area contributed by atoms with Gasteiger partial charge in [-0.05, 0) is 0 Å². The SMILES string of the molecule is O=C(O)c1ncsc1C(O)C(O)CBr. The van der Waals surface area contributed by atoms with Crippen LogP contribution in [0.2, 0.25) is 0 Å². The van der Waals surface area contributed by atoms with Crippen LogP contribution in [0.15, 0.2) is 5.51 Å². The molecule has 78 valence electrons. The number of thiazole rings is 1. The average molecular weight is 282 g/mol. The number of hydrogen-bond acceptors (Lipinski definition) is 5. The predicted octanol–water partition coefficient (Wildman–Crippen LogP) is 0.630. The molecule has 0 saturated heterocycles. The van der Waals surface area contributed by atoms with Crippen molar-refractivity contribution in [3.8, 4) is 0 Å². The number of carboxylic acid groups (broad SMARTS) is 1. The predicted molar refractivity (Wildman–Crippen MR) is 53.8 cm³/mol. The Bertz CT molecular complexity index is 329. The summed E-state index contributed by atoms with van der Waals surface area (Å²) < 4.78 is 0. The molecule has 0 spiro atoms. The van der Waals surface area contributed by atoms with E-state index in [2.05, 4.69) is 20.9 Å². The molecule has 5 nitrogen and oxygen atoms in total. The molecule has 0 aliphatic rings. The summed E-state index contributed by atoms with van der Waals surface area (Å²) in [5.41, 5.74) is 1.12.